The van der Waals surface area contributed by atoms with Crippen LogP contribution in [0.25, 0.3) is 10.8 Å². The van der Waals surface area contributed by atoms with Gasteiger partial charge in [-0.2, -0.15) is 0 Å². The molecule has 6 nitrogen and oxygen atoms in total. The van der Waals surface area contributed by atoms with Crippen molar-refractivity contribution in [1.29, 1.82) is 0 Å². The zero-order valence-electron chi connectivity index (χ0n) is 15.4. The van der Waals surface area contributed by atoms with Gasteiger partial charge >= 0.3 is 0 Å². The van der Waals surface area contributed by atoms with Crippen LogP contribution in [0.2, 0.25) is 0 Å². The second kappa shape index (κ2) is 7.93. The van der Waals surface area contributed by atoms with E-state index in [0.717, 1.165) is 11.1 Å². The molecule has 2 N–H and O–H groups in total. The summed E-state index contributed by atoms with van der Waals surface area (Å²) in [6.45, 7) is 0.896. The molecular weight excluding hydrogens is 390 g/mol. The summed E-state index contributed by atoms with van der Waals surface area (Å²) < 4.78 is 0. The molecule has 1 aliphatic heterocycles. The maximum absolute atomic E-state index is 13.1. The van der Waals surface area contributed by atoms with Crippen LogP contribution in [0.3, 0.4) is 0 Å². The number of hydrogen-bond acceptors (Lipinski definition) is 4. The highest BCUT2D eigenvalue weighted by Gasteiger charge is 2.34. The van der Waals surface area contributed by atoms with E-state index >= 15 is 0 Å². The molecule has 7 heteroatoms. The molecule has 1 heterocycles. The second-order valence-electron chi connectivity index (χ2n) is 6.58. The second-order valence-corrected chi connectivity index (χ2v) is 6.85. The average molecular weight is 408 g/mol. The number of imide groups is 1. The number of amides is 3. The molecule has 3 aromatic carbocycles. The number of rotatable bonds is 6. The lowest BCUT2D eigenvalue weighted by atomic mass is 9.92. The van der Waals surface area contributed by atoms with Gasteiger partial charge in [0, 0.05) is 40.7 Å². The fraction of sp³-hybridized carbons (Fsp3) is 0.136. The smallest absolute Gasteiger partial charge is 0.265 e. The number of hydrogen-bond donors (Lipinski definition) is 2. The first kappa shape index (κ1) is 19.0. The van der Waals surface area contributed by atoms with Crippen molar-refractivity contribution in [3.63, 3.8) is 0 Å². The van der Waals surface area contributed by atoms with E-state index < -0.39 is 0 Å². The lowest BCUT2D eigenvalue weighted by Crippen LogP contribution is -2.40. The lowest BCUT2D eigenvalue weighted by molar-refractivity contribution is -0.118. The molecule has 0 radical (unpaired) electrons. The summed E-state index contributed by atoms with van der Waals surface area (Å²) in [5.41, 5.74) is 2.31. The van der Waals surface area contributed by atoms with Crippen LogP contribution in [0.1, 0.15) is 20.7 Å². The molecule has 0 bridgehead atoms. The van der Waals surface area contributed by atoms with Crippen molar-refractivity contribution in [3.8, 4) is 0 Å². The van der Waals surface area contributed by atoms with Gasteiger partial charge in [0.05, 0.1) is 5.69 Å². The number of alkyl halides is 1. The minimum absolute atomic E-state index is 0.0802. The molecule has 0 saturated heterocycles. The first-order valence-corrected chi connectivity index (χ1v) is 9.71. The molecule has 3 aromatic rings. The molecule has 3 amide bonds. The van der Waals surface area contributed by atoms with Crippen LogP contribution in [0.4, 0.5) is 11.4 Å². The van der Waals surface area contributed by atoms with Crippen molar-refractivity contribution in [2.45, 2.75) is 0 Å². The number of nitrogens with zero attached hydrogens (tertiary/aromatic N) is 1. The van der Waals surface area contributed by atoms with Gasteiger partial charge in [-0.05, 0) is 30.3 Å². The molecule has 0 aromatic heterocycles. The molecule has 146 valence electrons. The molecule has 0 fully saturated rings. The highest BCUT2D eigenvalue weighted by atomic mass is 35.5. The summed E-state index contributed by atoms with van der Waals surface area (Å²) in [4.78, 5) is 38.7. The van der Waals surface area contributed by atoms with Crippen molar-refractivity contribution in [2.24, 2.45) is 0 Å². The first-order valence-electron chi connectivity index (χ1n) is 9.18. The fourth-order valence-electron chi connectivity index (χ4n) is 3.51. The topological polar surface area (TPSA) is 78.5 Å². The van der Waals surface area contributed by atoms with Crippen LogP contribution in [0.15, 0.2) is 60.7 Å². The summed E-state index contributed by atoms with van der Waals surface area (Å²) in [5.74, 6) is -0.998. The monoisotopic (exact) mass is 407 g/mol. The van der Waals surface area contributed by atoms with E-state index in [4.69, 9.17) is 11.6 Å². The summed E-state index contributed by atoms with van der Waals surface area (Å²) in [7, 11) is 0. The Kier molecular flexibility index (Phi) is 5.18. The molecule has 0 spiro atoms. The quantitative estimate of drug-likeness (QED) is 0.373. The minimum atomic E-state index is -0.342. The number of carbonyl (C=O) groups is 3. The van der Waals surface area contributed by atoms with E-state index in [2.05, 4.69) is 10.6 Å². The molecule has 0 unspecified atom stereocenters. The minimum Gasteiger partial charge on any atom is -0.383 e. The van der Waals surface area contributed by atoms with Crippen LogP contribution in [0.5, 0.6) is 0 Å². The van der Waals surface area contributed by atoms with Crippen molar-refractivity contribution < 1.29 is 14.4 Å². The van der Waals surface area contributed by atoms with E-state index in [1.165, 1.54) is 4.90 Å². The Morgan fingerprint density at radius 1 is 0.862 bits per heavy atom. The van der Waals surface area contributed by atoms with E-state index in [1.807, 2.05) is 18.2 Å². The largest absolute Gasteiger partial charge is 0.383 e. The van der Waals surface area contributed by atoms with Gasteiger partial charge in [0.25, 0.3) is 11.8 Å². The van der Waals surface area contributed by atoms with Crippen LogP contribution >= 0.6 is 11.6 Å². The lowest BCUT2D eigenvalue weighted by Gasteiger charge is -2.28. The summed E-state index contributed by atoms with van der Waals surface area (Å²) in [5, 5.41) is 7.37. The Labute approximate surface area is 172 Å². The van der Waals surface area contributed by atoms with Crippen molar-refractivity contribution in [2.75, 3.05) is 29.2 Å². The highest BCUT2D eigenvalue weighted by Crippen LogP contribution is 2.36. The predicted molar refractivity (Wildman–Crippen MR) is 114 cm³/mol. The van der Waals surface area contributed by atoms with Gasteiger partial charge in [0.2, 0.25) is 5.91 Å². The first-order chi connectivity index (χ1) is 14.1. The summed E-state index contributed by atoms with van der Waals surface area (Å²) >= 11 is 5.47. The van der Waals surface area contributed by atoms with Gasteiger partial charge in [-0.1, -0.05) is 30.3 Å². The van der Waals surface area contributed by atoms with E-state index in [0.29, 0.717) is 35.3 Å². The van der Waals surface area contributed by atoms with Gasteiger partial charge in [-0.25, -0.2) is 4.90 Å². The number of nitrogens with one attached hydrogen (secondary N) is 2. The van der Waals surface area contributed by atoms with Crippen molar-refractivity contribution in [3.05, 3.63) is 71.8 Å². The van der Waals surface area contributed by atoms with Crippen LogP contribution in [-0.4, -0.2) is 36.7 Å². The van der Waals surface area contributed by atoms with Crippen molar-refractivity contribution in [1.82, 2.24) is 5.32 Å². The number of carbonyl (C=O) groups excluding carboxylic acids is 3. The zero-order chi connectivity index (χ0) is 20.4. The third-order valence-corrected chi connectivity index (χ3v) is 5.05. The third-order valence-electron chi connectivity index (χ3n) is 4.81. The molecule has 0 saturated carbocycles. The Morgan fingerprint density at radius 2 is 1.59 bits per heavy atom. The Balaban J connectivity index is 1.69. The maximum atomic E-state index is 13.1. The number of para-hydroxylation sites is 1. The average Bonchev–Trinajstić information content (AvgIpc) is 2.76. The van der Waals surface area contributed by atoms with Crippen molar-refractivity contribution >= 4 is 51.5 Å². The van der Waals surface area contributed by atoms with Gasteiger partial charge in [0.1, 0.15) is 5.88 Å². The van der Waals surface area contributed by atoms with Crippen LogP contribution in [0, 0.1) is 0 Å². The van der Waals surface area contributed by atoms with Crippen LogP contribution < -0.4 is 15.5 Å². The Bertz CT molecular complexity index is 1090. The van der Waals surface area contributed by atoms with Gasteiger partial charge < -0.3 is 10.6 Å². The Hall–Kier alpha value is -3.38. The number of halogens is 1. The zero-order valence-corrected chi connectivity index (χ0v) is 16.2. The van der Waals surface area contributed by atoms with Gasteiger partial charge in [0.15, 0.2) is 0 Å². The Morgan fingerprint density at radius 3 is 2.31 bits per heavy atom. The standard InChI is InChI=1S/C22H18ClN3O3/c23-13-19(27)25-12-11-24-18-10-9-17-20-15(18)7-4-8-16(20)21(28)26(22(17)29)14-5-2-1-3-6-14/h1-10,24H,11-13H2,(H,25,27). The van der Waals surface area contributed by atoms with Gasteiger partial charge in [-0.15, -0.1) is 11.6 Å². The summed E-state index contributed by atoms with van der Waals surface area (Å²) in [6, 6.07) is 17.9. The predicted octanol–water partition coefficient (Wildman–Crippen LogP) is 3.41. The molecule has 29 heavy (non-hydrogen) atoms. The molecule has 0 atom stereocenters. The number of anilines is 2. The SMILES string of the molecule is O=C(CCl)NCCNc1ccc2c3c(cccc13)C(=O)N(c1ccccc1)C2=O. The van der Waals surface area contributed by atoms with Crippen LogP contribution in [-0.2, 0) is 4.79 Å². The van der Waals surface area contributed by atoms with E-state index in [9.17, 15) is 14.4 Å². The number of benzene rings is 3. The van der Waals surface area contributed by atoms with Gasteiger partial charge in [-0.3, -0.25) is 14.4 Å². The molecule has 4 rings (SSSR count). The maximum Gasteiger partial charge on any atom is 0.265 e. The third kappa shape index (κ3) is 3.43. The molecule has 1 aliphatic rings. The molecular formula is C22H18ClN3O3. The molecule has 0 aliphatic carbocycles. The fourth-order valence-corrected chi connectivity index (χ4v) is 3.60. The van der Waals surface area contributed by atoms with E-state index in [-0.39, 0.29) is 23.6 Å². The van der Waals surface area contributed by atoms with E-state index in [1.54, 1.807) is 42.5 Å². The summed E-state index contributed by atoms with van der Waals surface area (Å²) in [6.07, 6.45) is 0. The normalized spacial score (nSPS) is 12.9. The highest BCUT2D eigenvalue weighted by molar-refractivity contribution is 6.36.